The number of carbonyl (C=O) groups excluding carboxylic acids is 3. The van der Waals surface area contributed by atoms with E-state index in [1.165, 1.54) is 6.20 Å². The van der Waals surface area contributed by atoms with Gasteiger partial charge in [0.2, 0.25) is 17.7 Å². The second-order valence-electron chi connectivity index (χ2n) is 9.05. The summed E-state index contributed by atoms with van der Waals surface area (Å²) in [6.45, 7) is 9.39. The number of benzene rings is 1. The molecule has 1 heterocycles. The first-order valence-electron chi connectivity index (χ1n) is 12.2. The summed E-state index contributed by atoms with van der Waals surface area (Å²) in [7, 11) is 0. The molecule has 0 fully saturated rings. The average Bonchev–Trinajstić information content (AvgIpc) is 3.24. The first-order chi connectivity index (χ1) is 16.8. The van der Waals surface area contributed by atoms with Crippen molar-refractivity contribution in [1.82, 2.24) is 20.9 Å². The van der Waals surface area contributed by atoms with Crippen LogP contribution in [0.3, 0.4) is 0 Å². The van der Waals surface area contributed by atoms with Gasteiger partial charge < -0.3 is 26.7 Å². The Hall–Kier alpha value is -3.55. The molecule has 0 saturated heterocycles. The molecule has 0 spiro atoms. The lowest BCUT2D eigenvalue weighted by Crippen LogP contribution is -2.54. The number of nitrogens with one attached hydrogen (secondary N) is 4. The number of H-pyrrole nitrogens is 1. The van der Waals surface area contributed by atoms with E-state index in [4.69, 9.17) is 5.73 Å². The molecule has 6 N–H and O–H groups in total. The molecule has 0 aliphatic rings. The molecule has 0 bridgehead atoms. The summed E-state index contributed by atoms with van der Waals surface area (Å²) in [5.41, 5.74) is 8.25. The van der Waals surface area contributed by atoms with Gasteiger partial charge in [0.25, 0.3) is 0 Å². The number of carbonyl (C=O) groups is 3. The van der Waals surface area contributed by atoms with Gasteiger partial charge in [0.15, 0.2) is 0 Å². The van der Waals surface area contributed by atoms with Gasteiger partial charge in [-0.3, -0.25) is 14.4 Å². The Bertz CT molecular complexity index is 1040. The molecular formula is C27H39N5O3. The highest BCUT2D eigenvalue weighted by Crippen LogP contribution is 2.20. The summed E-state index contributed by atoms with van der Waals surface area (Å²) in [5, 5.41) is 9.50. The standard InChI is InChI=1S/C27H39N5O3/c1-5-7-8-11-19(4)26(34)32-24(15-20-17-30-22-13-10-9-12-21(20)22)27(35)31-23(25(28)33)14-18(3)16-29-6-2/h6,9-10,12-13,16-17,19,23-24,29-30H,2,5,7-8,11,14-15H2,1,3-4H3,(H2,28,33)(H,31,35)(H,32,34)/b18-16+/t19-,23-,24-/m0/s1. The highest BCUT2D eigenvalue weighted by Gasteiger charge is 2.28. The summed E-state index contributed by atoms with van der Waals surface area (Å²) in [6.07, 6.45) is 9.42. The van der Waals surface area contributed by atoms with Crippen molar-refractivity contribution in [3.63, 3.8) is 0 Å². The first kappa shape index (κ1) is 27.7. The van der Waals surface area contributed by atoms with Crippen LogP contribution in [0.25, 0.3) is 10.9 Å². The maximum absolute atomic E-state index is 13.3. The first-order valence-corrected chi connectivity index (χ1v) is 12.2. The van der Waals surface area contributed by atoms with Gasteiger partial charge in [0, 0.05) is 29.4 Å². The van der Waals surface area contributed by atoms with Crippen molar-refractivity contribution < 1.29 is 14.4 Å². The van der Waals surface area contributed by atoms with E-state index in [1.807, 2.05) is 44.3 Å². The van der Waals surface area contributed by atoms with Crippen LogP contribution in [-0.2, 0) is 20.8 Å². The zero-order chi connectivity index (χ0) is 25.8. The van der Waals surface area contributed by atoms with Crippen molar-refractivity contribution in [3.8, 4) is 0 Å². The highest BCUT2D eigenvalue weighted by atomic mass is 16.2. The van der Waals surface area contributed by atoms with Crippen molar-refractivity contribution in [3.05, 3.63) is 60.6 Å². The number of para-hydroxylation sites is 1. The monoisotopic (exact) mass is 481 g/mol. The van der Waals surface area contributed by atoms with Gasteiger partial charge in [-0.2, -0.15) is 0 Å². The topological polar surface area (TPSA) is 129 Å². The van der Waals surface area contributed by atoms with Crippen LogP contribution >= 0.6 is 0 Å². The molecule has 3 atom stereocenters. The normalized spacial score (nSPS) is 14.1. The zero-order valence-electron chi connectivity index (χ0n) is 21.0. The third kappa shape index (κ3) is 8.63. The van der Waals surface area contributed by atoms with Crippen LogP contribution in [0.1, 0.15) is 58.4 Å². The third-order valence-corrected chi connectivity index (χ3v) is 6.05. The SMILES string of the molecule is C=CN/C=C(\C)C[C@H](NC(=O)[C@H](Cc1c[nH]c2ccccc12)NC(=O)[C@@H](C)CCCCC)C(N)=O. The highest BCUT2D eigenvalue weighted by molar-refractivity contribution is 5.93. The lowest BCUT2D eigenvalue weighted by Gasteiger charge is -2.23. The van der Waals surface area contributed by atoms with Crippen LogP contribution in [0.2, 0.25) is 0 Å². The fraction of sp³-hybridized carbons (Fsp3) is 0.444. The van der Waals surface area contributed by atoms with E-state index in [1.54, 1.807) is 6.20 Å². The Labute approximate surface area is 207 Å². The minimum Gasteiger partial charge on any atom is -0.368 e. The molecule has 3 amide bonds. The van der Waals surface area contributed by atoms with E-state index < -0.39 is 23.9 Å². The number of nitrogens with two attached hydrogens (primary N) is 1. The van der Waals surface area contributed by atoms with Crippen molar-refractivity contribution in [2.24, 2.45) is 11.7 Å². The number of hydrogen-bond acceptors (Lipinski definition) is 4. The predicted molar refractivity (Wildman–Crippen MR) is 140 cm³/mol. The average molecular weight is 482 g/mol. The van der Waals surface area contributed by atoms with Crippen molar-refractivity contribution in [2.45, 2.75) is 71.4 Å². The Morgan fingerprint density at radius 3 is 2.51 bits per heavy atom. The zero-order valence-corrected chi connectivity index (χ0v) is 21.0. The lowest BCUT2D eigenvalue weighted by molar-refractivity contribution is -0.132. The lowest BCUT2D eigenvalue weighted by atomic mass is 9.99. The van der Waals surface area contributed by atoms with Crippen LogP contribution in [-0.4, -0.2) is 34.8 Å². The molecule has 35 heavy (non-hydrogen) atoms. The minimum atomic E-state index is -0.908. The molecule has 0 radical (unpaired) electrons. The largest absolute Gasteiger partial charge is 0.368 e. The maximum Gasteiger partial charge on any atom is 0.243 e. The Balaban J connectivity index is 2.22. The van der Waals surface area contributed by atoms with Crippen LogP contribution < -0.4 is 21.7 Å². The van der Waals surface area contributed by atoms with Gasteiger partial charge >= 0.3 is 0 Å². The summed E-state index contributed by atoms with van der Waals surface area (Å²) in [6, 6.07) is 6.03. The number of unbranched alkanes of at least 4 members (excludes halogenated alkanes) is 2. The fourth-order valence-electron chi connectivity index (χ4n) is 3.95. The number of amides is 3. The molecule has 1 aromatic heterocycles. The van der Waals surface area contributed by atoms with E-state index in [9.17, 15) is 14.4 Å². The predicted octanol–water partition coefficient (Wildman–Crippen LogP) is 3.41. The van der Waals surface area contributed by atoms with Crippen molar-refractivity contribution in [2.75, 3.05) is 0 Å². The van der Waals surface area contributed by atoms with Gasteiger partial charge in [0.05, 0.1) is 0 Å². The number of fused-ring (bicyclic) bond motifs is 1. The molecular weight excluding hydrogens is 442 g/mol. The second-order valence-corrected chi connectivity index (χ2v) is 9.05. The Kier molecular flexibility index (Phi) is 11.1. The van der Waals surface area contributed by atoms with E-state index in [-0.39, 0.29) is 24.7 Å². The fourth-order valence-corrected chi connectivity index (χ4v) is 3.95. The summed E-state index contributed by atoms with van der Waals surface area (Å²) >= 11 is 0. The molecule has 2 rings (SSSR count). The third-order valence-electron chi connectivity index (χ3n) is 6.05. The molecule has 8 heteroatoms. The number of hydrogen-bond donors (Lipinski definition) is 5. The smallest absolute Gasteiger partial charge is 0.243 e. The maximum atomic E-state index is 13.3. The summed E-state index contributed by atoms with van der Waals surface area (Å²) in [4.78, 5) is 41.6. The van der Waals surface area contributed by atoms with Crippen LogP contribution in [0, 0.1) is 5.92 Å². The Morgan fingerprint density at radius 1 is 1.11 bits per heavy atom. The molecule has 0 aliphatic heterocycles. The van der Waals surface area contributed by atoms with Crippen molar-refractivity contribution in [1.29, 1.82) is 0 Å². The van der Waals surface area contributed by atoms with Gasteiger partial charge in [0.1, 0.15) is 12.1 Å². The molecule has 0 aliphatic carbocycles. The molecule has 190 valence electrons. The van der Waals surface area contributed by atoms with Gasteiger partial charge in [-0.05, 0) is 43.8 Å². The molecule has 8 nitrogen and oxygen atoms in total. The van der Waals surface area contributed by atoms with E-state index in [0.717, 1.165) is 47.7 Å². The molecule has 1 aromatic carbocycles. The number of rotatable bonds is 15. The number of primary amides is 1. The van der Waals surface area contributed by atoms with Gasteiger partial charge in [-0.15, -0.1) is 0 Å². The van der Waals surface area contributed by atoms with Crippen LogP contribution in [0.5, 0.6) is 0 Å². The quantitative estimate of drug-likeness (QED) is 0.250. The Morgan fingerprint density at radius 2 is 1.83 bits per heavy atom. The number of aromatic amines is 1. The van der Waals surface area contributed by atoms with Crippen LogP contribution in [0.4, 0.5) is 0 Å². The summed E-state index contributed by atoms with van der Waals surface area (Å²) in [5.74, 6) is -1.49. The number of aromatic nitrogens is 1. The van der Waals surface area contributed by atoms with Crippen molar-refractivity contribution >= 4 is 28.6 Å². The second kappa shape index (κ2) is 14.0. The van der Waals surface area contributed by atoms with Gasteiger partial charge in [-0.1, -0.05) is 63.5 Å². The molecule has 2 aromatic rings. The molecule has 0 unspecified atom stereocenters. The summed E-state index contributed by atoms with van der Waals surface area (Å²) < 4.78 is 0. The van der Waals surface area contributed by atoms with E-state index in [2.05, 4.69) is 34.4 Å². The van der Waals surface area contributed by atoms with E-state index in [0.29, 0.717) is 0 Å². The van der Waals surface area contributed by atoms with E-state index >= 15 is 0 Å². The minimum absolute atomic E-state index is 0.178. The van der Waals surface area contributed by atoms with Gasteiger partial charge in [-0.25, -0.2) is 0 Å². The van der Waals surface area contributed by atoms with Crippen LogP contribution in [0.15, 0.2) is 55.0 Å². The molecule has 0 saturated carbocycles.